The maximum Gasteiger partial charge on any atom is 0.337 e. The molecule has 4 atom stereocenters. The number of H-pyrrole nitrogens is 1. The zero-order chi connectivity index (χ0) is 15.7. The molecular weight excluding hydrogens is 288 g/mol. The second-order valence-electron chi connectivity index (χ2n) is 4.61. The van der Waals surface area contributed by atoms with Gasteiger partial charge in [-0.25, -0.2) is 9.59 Å². The van der Waals surface area contributed by atoms with Gasteiger partial charge in [0.25, 0.3) is 5.56 Å². The van der Waals surface area contributed by atoms with Crippen LogP contribution in [0.4, 0.5) is 0 Å². The quantitative estimate of drug-likeness (QED) is 0.401. The lowest BCUT2D eigenvalue weighted by atomic mass is 10.2. The third kappa shape index (κ3) is 2.88. The maximum absolute atomic E-state index is 11.7. The van der Waals surface area contributed by atoms with Crippen molar-refractivity contribution < 1.29 is 30.0 Å². The van der Waals surface area contributed by atoms with Gasteiger partial charge in [0.15, 0.2) is 6.10 Å². The minimum absolute atomic E-state index is 0.0280. The van der Waals surface area contributed by atoms with Crippen molar-refractivity contribution in [2.75, 3.05) is 6.61 Å². The summed E-state index contributed by atoms with van der Waals surface area (Å²) in [6, 6.07) is 0. The highest BCUT2D eigenvalue weighted by molar-refractivity contribution is 5.73. The highest BCUT2D eigenvalue weighted by Crippen LogP contribution is 2.27. The molecule has 0 saturated carbocycles. The number of aliphatic hydroxyl groups excluding tert-OH is 3. The molecule has 1 aromatic rings. The smallest absolute Gasteiger partial charge is 0.337 e. The first-order valence-electron chi connectivity index (χ1n) is 6.05. The van der Waals surface area contributed by atoms with Crippen LogP contribution in [-0.4, -0.2) is 54.8 Å². The Labute approximate surface area is 116 Å². The van der Waals surface area contributed by atoms with E-state index in [4.69, 9.17) is 14.9 Å². The predicted molar refractivity (Wildman–Crippen MR) is 65.5 cm³/mol. The number of aliphatic hydroxyl groups is 3. The predicted octanol–water partition coefficient (Wildman–Crippen LogP) is -2.70. The Kier molecular flexibility index (Phi) is 4.23. The zero-order valence-corrected chi connectivity index (χ0v) is 10.7. The van der Waals surface area contributed by atoms with Crippen molar-refractivity contribution in [3.05, 3.63) is 32.6 Å². The number of nitrogens with one attached hydrogen (secondary N) is 1. The molecule has 1 aromatic heterocycles. The van der Waals surface area contributed by atoms with Crippen LogP contribution in [0.5, 0.6) is 0 Å². The molecule has 0 amide bonds. The van der Waals surface area contributed by atoms with E-state index >= 15 is 0 Å². The van der Waals surface area contributed by atoms with Crippen molar-refractivity contribution in [1.29, 1.82) is 0 Å². The minimum atomic E-state index is -2.10. The third-order valence-electron chi connectivity index (χ3n) is 3.22. The van der Waals surface area contributed by atoms with E-state index in [1.165, 1.54) is 0 Å². The van der Waals surface area contributed by atoms with Crippen LogP contribution in [0.15, 0.2) is 15.8 Å². The summed E-state index contributed by atoms with van der Waals surface area (Å²) in [5, 5.41) is 36.7. The molecule has 1 saturated heterocycles. The average Bonchev–Trinajstić information content (AvgIpc) is 2.79. The lowest BCUT2D eigenvalue weighted by Gasteiger charge is -2.16. The second kappa shape index (κ2) is 5.77. The fourth-order valence-electron chi connectivity index (χ4n) is 2.09. The Morgan fingerprint density at radius 2 is 2.19 bits per heavy atom. The van der Waals surface area contributed by atoms with Crippen LogP contribution < -0.4 is 11.2 Å². The van der Waals surface area contributed by atoms with Crippen LogP contribution >= 0.6 is 0 Å². The number of aromatic amines is 1. The summed E-state index contributed by atoms with van der Waals surface area (Å²) in [6.45, 7) is -0.458. The van der Waals surface area contributed by atoms with Crippen LogP contribution in [-0.2, 0) is 9.53 Å². The molecular formula is C11H14N2O8. The van der Waals surface area contributed by atoms with E-state index in [2.05, 4.69) is 0 Å². The normalized spacial score (nSPS) is 26.7. The Morgan fingerprint density at radius 3 is 2.71 bits per heavy atom. The van der Waals surface area contributed by atoms with Gasteiger partial charge >= 0.3 is 11.7 Å². The molecule has 1 fully saturated rings. The third-order valence-corrected chi connectivity index (χ3v) is 3.22. The highest BCUT2D eigenvalue weighted by Gasteiger charge is 2.35. The summed E-state index contributed by atoms with van der Waals surface area (Å²) in [5.41, 5.74) is -2.44. The van der Waals surface area contributed by atoms with Crippen LogP contribution in [0, 0.1) is 0 Å². The van der Waals surface area contributed by atoms with Crippen LogP contribution in [0.3, 0.4) is 0 Å². The number of carbonyl (C=O) groups is 1. The molecule has 1 aliphatic heterocycles. The molecule has 1 unspecified atom stereocenters. The highest BCUT2D eigenvalue weighted by atomic mass is 16.5. The van der Waals surface area contributed by atoms with E-state index in [1.54, 1.807) is 0 Å². The number of nitrogens with zero attached hydrogens (tertiary/aromatic N) is 1. The SMILES string of the molecule is O=C(O)C(O)c1cn([C@H]2C[C@H](O)[C@@H](CO)O2)c(=O)[nH]c1=O. The van der Waals surface area contributed by atoms with E-state index in [0.29, 0.717) is 0 Å². The van der Waals surface area contributed by atoms with Crippen LogP contribution in [0.2, 0.25) is 0 Å². The summed E-state index contributed by atoms with van der Waals surface area (Å²) < 4.78 is 6.10. The molecule has 0 spiro atoms. The number of rotatable bonds is 4. The van der Waals surface area contributed by atoms with Crippen molar-refractivity contribution in [3.63, 3.8) is 0 Å². The summed E-state index contributed by atoms with van der Waals surface area (Å²) >= 11 is 0. The van der Waals surface area contributed by atoms with Gasteiger partial charge in [-0.05, 0) is 0 Å². The summed E-state index contributed by atoms with van der Waals surface area (Å²) in [6.07, 6.45) is -4.13. The van der Waals surface area contributed by atoms with Crippen molar-refractivity contribution in [3.8, 4) is 0 Å². The molecule has 2 rings (SSSR count). The van der Waals surface area contributed by atoms with Gasteiger partial charge in [-0.3, -0.25) is 14.3 Å². The molecule has 5 N–H and O–H groups in total. The van der Waals surface area contributed by atoms with Gasteiger partial charge in [-0.2, -0.15) is 0 Å². The lowest BCUT2D eigenvalue weighted by molar-refractivity contribution is -0.147. The summed E-state index contributed by atoms with van der Waals surface area (Å²) in [4.78, 5) is 35.8. The van der Waals surface area contributed by atoms with E-state index in [9.17, 15) is 24.6 Å². The standard InChI is InChI=1S/C11H14N2O8/c14-3-6-5(15)1-7(21-6)13-2-4(8(16)10(18)19)9(17)12-11(13)20/h2,5-8,14-16H,1,3H2,(H,18,19)(H,12,17,20)/t5-,6+,7+,8?/m0/s1. The number of aliphatic carboxylic acids is 1. The van der Waals surface area contributed by atoms with Gasteiger partial charge in [0.05, 0.1) is 18.3 Å². The van der Waals surface area contributed by atoms with Gasteiger partial charge in [-0.15, -0.1) is 0 Å². The number of ether oxygens (including phenoxy) is 1. The number of hydrogen-bond acceptors (Lipinski definition) is 7. The molecule has 21 heavy (non-hydrogen) atoms. The first-order chi connectivity index (χ1) is 9.85. The molecule has 0 radical (unpaired) electrons. The van der Waals surface area contributed by atoms with Crippen molar-refractivity contribution in [2.24, 2.45) is 0 Å². The fourth-order valence-corrected chi connectivity index (χ4v) is 2.09. The van der Waals surface area contributed by atoms with Crippen LogP contribution in [0.1, 0.15) is 24.3 Å². The topological polar surface area (TPSA) is 162 Å². The second-order valence-corrected chi connectivity index (χ2v) is 4.61. The van der Waals surface area contributed by atoms with Crippen LogP contribution in [0.25, 0.3) is 0 Å². The Morgan fingerprint density at radius 1 is 1.52 bits per heavy atom. The Hall–Kier alpha value is -2.01. The van der Waals surface area contributed by atoms with E-state index in [0.717, 1.165) is 10.8 Å². The number of carboxylic acid groups (broad SMARTS) is 1. The lowest BCUT2D eigenvalue weighted by Crippen LogP contribution is -2.36. The minimum Gasteiger partial charge on any atom is -0.479 e. The van der Waals surface area contributed by atoms with Crippen molar-refractivity contribution in [2.45, 2.75) is 31.0 Å². The number of hydrogen-bond donors (Lipinski definition) is 5. The molecule has 2 heterocycles. The van der Waals surface area contributed by atoms with E-state index < -0.39 is 53.9 Å². The van der Waals surface area contributed by atoms with Gasteiger partial charge in [0.2, 0.25) is 0 Å². The Bertz CT molecular complexity index is 650. The molecule has 10 heteroatoms. The van der Waals surface area contributed by atoms with Crippen molar-refractivity contribution >= 4 is 5.97 Å². The van der Waals surface area contributed by atoms with E-state index in [-0.39, 0.29) is 6.42 Å². The summed E-state index contributed by atoms with van der Waals surface area (Å²) in [5.74, 6) is -1.65. The van der Waals surface area contributed by atoms with E-state index in [1.807, 2.05) is 4.98 Å². The summed E-state index contributed by atoms with van der Waals surface area (Å²) in [7, 11) is 0. The molecule has 1 aliphatic rings. The van der Waals surface area contributed by atoms with Gasteiger partial charge < -0.3 is 25.2 Å². The fraction of sp³-hybridized carbons (Fsp3) is 0.545. The largest absolute Gasteiger partial charge is 0.479 e. The maximum atomic E-state index is 11.7. The molecule has 0 bridgehead atoms. The first-order valence-corrected chi connectivity index (χ1v) is 6.05. The monoisotopic (exact) mass is 302 g/mol. The number of aromatic nitrogens is 2. The van der Waals surface area contributed by atoms with Gasteiger partial charge in [0.1, 0.15) is 12.3 Å². The molecule has 0 aromatic carbocycles. The molecule has 10 nitrogen and oxygen atoms in total. The molecule has 0 aliphatic carbocycles. The average molecular weight is 302 g/mol. The Balaban J connectivity index is 2.41. The number of carboxylic acids is 1. The van der Waals surface area contributed by atoms with Gasteiger partial charge in [-0.1, -0.05) is 0 Å². The van der Waals surface area contributed by atoms with Gasteiger partial charge in [0, 0.05) is 12.6 Å². The first kappa shape index (κ1) is 15.4. The molecule has 116 valence electrons. The zero-order valence-electron chi connectivity index (χ0n) is 10.7. The van der Waals surface area contributed by atoms with Crippen molar-refractivity contribution in [1.82, 2.24) is 9.55 Å².